The lowest BCUT2D eigenvalue weighted by atomic mass is 10.0. The Morgan fingerprint density at radius 3 is 2.67 bits per heavy atom. The van der Waals surface area contributed by atoms with Crippen LogP contribution in [0, 0.1) is 11.7 Å². The van der Waals surface area contributed by atoms with Gasteiger partial charge in [-0.05, 0) is 43.5 Å². The first-order valence-corrected chi connectivity index (χ1v) is 12.2. The van der Waals surface area contributed by atoms with Crippen LogP contribution in [0.2, 0.25) is 0 Å². The number of nitrogens with zero attached hydrogens (tertiary/aromatic N) is 4. The number of ether oxygens (including phenoxy) is 1. The van der Waals surface area contributed by atoms with E-state index in [2.05, 4.69) is 10.1 Å². The van der Waals surface area contributed by atoms with Gasteiger partial charge in [0.05, 0.1) is 36.5 Å². The number of aromatic nitrogens is 3. The van der Waals surface area contributed by atoms with Crippen molar-refractivity contribution < 1.29 is 27.4 Å². The van der Waals surface area contributed by atoms with E-state index < -0.39 is 21.8 Å². The molecule has 3 heterocycles. The van der Waals surface area contributed by atoms with Crippen LogP contribution in [0.1, 0.15) is 32.0 Å². The van der Waals surface area contributed by atoms with Gasteiger partial charge in [0.25, 0.3) is 0 Å². The molecule has 1 aliphatic rings. The van der Waals surface area contributed by atoms with Gasteiger partial charge in [0.15, 0.2) is 0 Å². The Bertz CT molecular complexity index is 1280. The maximum atomic E-state index is 14.0. The molecule has 3 aromatic rings. The molecule has 0 unspecified atom stereocenters. The Labute approximate surface area is 190 Å². The highest BCUT2D eigenvalue weighted by Crippen LogP contribution is 2.36. The van der Waals surface area contributed by atoms with Crippen molar-refractivity contribution in [3.05, 3.63) is 48.0 Å². The normalized spacial score (nSPS) is 19.2. The van der Waals surface area contributed by atoms with Crippen molar-refractivity contribution >= 4 is 26.9 Å². The predicted octanol–water partition coefficient (Wildman–Crippen LogP) is 2.87. The molecule has 0 bridgehead atoms. The maximum absolute atomic E-state index is 14.0. The van der Waals surface area contributed by atoms with Crippen LogP contribution in [0.5, 0.6) is 5.88 Å². The molecule has 1 aliphatic heterocycles. The number of carboxylic acid groups (broad SMARTS) is 1. The van der Waals surface area contributed by atoms with E-state index in [0.29, 0.717) is 35.5 Å². The van der Waals surface area contributed by atoms with Gasteiger partial charge in [-0.25, -0.2) is 17.8 Å². The van der Waals surface area contributed by atoms with Gasteiger partial charge in [-0.3, -0.25) is 9.48 Å². The van der Waals surface area contributed by atoms with Crippen LogP contribution in [0.15, 0.2) is 41.4 Å². The van der Waals surface area contributed by atoms with Gasteiger partial charge in [0.2, 0.25) is 15.9 Å². The lowest BCUT2D eigenvalue weighted by molar-refractivity contribution is -0.136. The minimum absolute atomic E-state index is 0.0596. The average Bonchev–Trinajstić information content (AvgIpc) is 3.35. The summed E-state index contributed by atoms with van der Waals surface area (Å²) in [6.07, 6.45) is 1.64. The SMILES string of the molecule is CCOc1ccc(S(=O)(=O)N2C[C@@H](CC)[C@@H](n3nc(CC(=O)O)c4ccc(F)cc43)C2)cn1. The van der Waals surface area contributed by atoms with E-state index >= 15 is 0 Å². The number of hydrogen-bond donors (Lipinski definition) is 1. The van der Waals surface area contributed by atoms with Gasteiger partial charge in [0.1, 0.15) is 10.7 Å². The van der Waals surface area contributed by atoms with Crippen molar-refractivity contribution in [3.8, 4) is 5.88 Å². The number of benzene rings is 1. The van der Waals surface area contributed by atoms with Crippen LogP contribution in [-0.2, 0) is 21.2 Å². The largest absolute Gasteiger partial charge is 0.481 e. The average molecular weight is 477 g/mol. The fourth-order valence-electron chi connectivity index (χ4n) is 4.29. The van der Waals surface area contributed by atoms with Crippen LogP contribution < -0.4 is 4.74 Å². The number of carboxylic acids is 1. The fourth-order valence-corrected chi connectivity index (χ4v) is 5.76. The maximum Gasteiger partial charge on any atom is 0.309 e. The molecule has 9 nitrogen and oxygen atoms in total. The molecule has 0 saturated carbocycles. The third-order valence-electron chi connectivity index (χ3n) is 5.92. The van der Waals surface area contributed by atoms with E-state index in [1.807, 2.05) is 13.8 Å². The zero-order valence-electron chi connectivity index (χ0n) is 18.3. The second-order valence-corrected chi connectivity index (χ2v) is 9.88. The van der Waals surface area contributed by atoms with Crippen molar-refractivity contribution in [1.29, 1.82) is 0 Å². The summed E-state index contributed by atoms with van der Waals surface area (Å²) in [5, 5.41) is 14.3. The van der Waals surface area contributed by atoms with E-state index in [-0.39, 0.29) is 36.4 Å². The van der Waals surface area contributed by atoms with Crippen LogP contribution in [0.3, 0.4) is 0 Å². The number of halogens is 1. The summed E-state index contributed by atoms with van der Waals surface area (Å²) in [5.74, 6) is -1.25. The highest BCUT2D eigenvalue weighted by Gasteiger charge is 2.40. The minimum atomic E-state index is -3.82. The molecule has 1 N–H and O–H groups in total. The van der Waals surface area contributed by atoms with Crippen LogP contribution in [0.25, 0.3) is 10.9 Å². The van der Waals surface area contributed by atoms with E-state index in [1.54, 1.807) is 4.68 Å². The molecule has 2 aromatic heterocycles. The molecule has 0 spiro atoms. The van der Waals surface area contributed by atoms with Crippen molar-refractivity contribution in [2.45, 2.75) is 37.6 Å². The molecular weight excluding hydrogens is 451 g/mol. The first kappa shape index (κ1) is 23.1. The third kappa shape index (κ3) is 4.42. The second-order valence-electron chi connectivity index (χ2n) is 7.95. The number of sulfonamides is 1. The summed E-state index contributed by atoms with van der Waals surface area (Å²) in [4.78, 5) is 15.4. The van der Waals surface area contributed by atoms with Gasteiger partial charge in [-0.15, -0.1) is 0 Å². The number of rotatable bonds is 8. The zero-order chi connectivity index (χ0) is 23.8. The Morgan fingerprint density at radius 1 is 1.24 bits per heavy atom. The monoisotopic (exact) mass is 476 g/mol. The molecule has 176 valence electrons. The summed E-state index contributed by atoms with van der Waals surface area (Å²) in [6.45, 7) is 4.59. The molecule has 4 rings (SSSR count). The van der Waals surface area contributed by atoms with E-state index in [4.69, 9.17) is 4.74 Å². The van der Waals surface area contributed by atoms with Crippen molar-refractivity contribution in [3.63, 3.8) is 0 Å². The quantitative estimate of drug-likeness (QED) is 0.532. The molecule has 2 atom stereocenters. The van der Waals surface area contributed by atoms with Crippen LogP contribution >= 0.6 is 0 Å². The summed E-state index contributed by atoms with van der Waals surface area (Å²) < 4.78 is 48.9. The lowest BCUT2D eigenvalue weighted by Crippen LogP contribution is -2.29. The number of carbonyl (C=O) groups is 1. The number of pyridine rings is 1. The molecule has 1 aromatic carbocycles. The van der Waals surface area contributed by atoms with Crippen LogP contribution in [0.4, 0.5) is 4.39 Å². The summed E-state index contributed by atoms with van der Waals surface area (Å²) in [5.41, 5.74) is 0.779. The first-order chi connectivity index (χ1) is 15.7. The van der Waals surface area contributed by atoms with Crippen molar-refractivity contribution in [2.24, 2.45) is 5.92 Å². The second kappa shape index (κ2) is 9.06. The Balaban J connectivity index is 1.69. The number of hydrogen-bond acceptors (Lipinski definition) is 6. The molecule has 0 radical (unpaired) electrons. The highest BCUT2D eigenvalue weighted by atomic mass is 32.2. The van der Waals surface area contributed by atoms with Gasteiger partial charge in [-0.1, -0.05) is 6.92 Å². The van der Waals surface area contributed by atoms with Gasteiger partial charge in [-0.2, -0.15) is 9.40 Å². The van der Waals surface area contributed by atoms with E-state index in [0.717, 1.165) is 0 Å². The van der Waals surface area contributed by atoms with Crippen molar-refractivity contribution in [1.82, 2.24) is 19.1 Å². The van der Waals surface area contributed by atoms with E-state index in [1.165, 1.54) is 40.8 Å². The molecule has 1 saturated heterocycles. The summed E-state index contributed by atoms with van der Waals surface area (Å²) in [7, 11) is -3.82. The molecule has 33 heavy (non-hydrogen) atoms. The Hall–Kier alpha value is -3.05. The number of aliphatic carboxylic acids is 1. The lowest BCUT2D eigenvalue weighted by Gasteiger charge is -2.18. The topological polar surface area (TPSA) is 115 Å². The molecule has 1 fully saturated rings. The molecule has 0 amide bonds. The third-order valence-corrected chi connectivity index (χ3v) is 7.73. The molecular formula is C22H25FN4O5S. The molecule has 0 aliphatic carbocycles. The molecule has 11 heteroatoms. The summed E-state index contributed by atoms with van der Waals surface area (Å²) in [6, 6.07) is 6.71. The Kier molecular flexibility index (Phi) is 6.35. The van der Waals surface area contributed by atoms with Crippen LogP contribution in [-0.4, -0.2) is 58.3 Å². The zero-order valence-corrected chi connectivity index (χ0v) is 19.1. The smallest absolute Gasteiger partial charge is 0.309 e. The van der Waals surface area contributed by atoms with Gasteiger partial charge < -0.3 is 9.84 Å². The summed E-state index contributed by atoms with van der Waals surface area (Å²) >= 11 is 0. The Morgan fingerprint density at radius 2 is 2.03 bits per heavy atom. The first-order valence-electron chi connectivity index (χ1n) is 10.7. The highest BCUT2D eigenvalue weighted by molar-refractivity contribution is 7.89. The van der Waals surface area contributed by atoms with E-state index in [9.17, 15) is 22.7 Å². The standard InChI is InChI=1S/C22H25FN4O5S/c1-3-14-12-26(33(30,31)16-6-8-21(24-11-16)32-4-2)13-20(14)27-19-9-15(23)5-7-17(19)18(25-27)10-22(28)29/h5-9,11,14,20H,3-4,10,12-13H2,1-2H3,(H,28,29)/t14-,20+/m1/s1. The fraction of sp³-hybridized carbons (Fsp3) is 0.409. The predicted molar refractivity (Wildman–Crippen MR) is 118 cm³/mol. The minimum Gasteiger partial charge on any atom is -0.481 e. The number of fused-ring (bicyclic) bond motifs is 1. The van der Waals surface area contributed by atoms with Gasteiger partial charge in [0, 0.05) is 24.5 Å². The van der Waals surface area contributed by atoms with Gasteiger partial charge >= 0.3 is 5.97 Å². The van der Waals surface area contributed by atoms with Crippen molar-refractivity contribution in [2.75, 3.05) is 19.7 Å².